The Labute approximate surface area is 143 Å². The second-order valence-corrected chi connectivity index (χ2v) is 6.44. The van der Waals surface area contributed by atoms with Crippen LogP contribution < -0.4 is 5.32 Å². The number of hydrogen-bond donors (Lipinski definition) is 1. The lowest BCUT2D eigenvalue weighted by Gasteiger charge is -2.40. The van der Waals surface area contributed by atoms with Crippen LogP contribution in [0.3, 0.4) is 0 Å². The quantitative estimate of drug-likeness (QED) is 0.856. The molecule has 0 saturated carbocycles. The van der Waals surface area contributed by atoms with Crippen molar-refractivity contribution in [3.63, 3.8) is 0 Å². The van der Waals surface area contributed by atoms with E-state index in [1.54, 1.807) is 0 Å². The molecule has 1 aliphatic rings. The standard InChI is InChI=1S/C17H28N6O/c1-5-23-6-7-24-16(17(23)15-10-19-21(3)12-15)11-18-8-14-9-20-22(4)13(14)2/h9-10,12,16-18H,5-8,11H2,1-4H3/t16-,17-/m0/s1. The molecule has 0 bridgehead atoms. The van der Waals surface area contributed by atoms with Crippen molar-refractivity contribution in [2.75, 3.05) is 26.2 Å². The molecule has 1 saturated heterocycles. The SMILES string of the molecule is CCN1CCO[C@@H](CNCc2cnn(C)c2C)[C@@H]1c1cnn(C)c1. The fourth-order valence-corrected chi connectivity index (χ4v) is 3.40. The van der Waals surface area contributed by atoms with E-state index >= 15 is 0 Å². The van der Waals surface area contributed by atoms with E-state index in [9.17, 15) is 0 Å². The third-order valence-corrected chi connectivity index (χ3v) is 4.93. The fraction of sp³-hybridized carbons (Fsp3) is 0.647. The van der Waals surface area contributed by atoms with Crippen LogP contribution in [0.4, 0.5) is 0 Å². The largest absolute Gasteiger partial charge is 0.374 e. The van der Waals surface area contributed by atoms with Gasteiger partial charge in [-0.3, -0.25) is 14.3 Å². The molecular formula is C17H28N6O. The van der Waals surface area contributed by atoms with Gasteiger partial charge in [-0.25, -0.2) is 0 Å². The molecular weight excluding hydrogens is 304 g/mol. The van der Waals surface area contributed by atoms with E-state index in [2.05, 4.69) is 40.5 Å². The number of morpholine rings is 1. The molecule has 0 aliphatic carbocycles. The molecule has 0 radical (unpaired) electrons. The number of nitrogens with zero attached hydrogens (tertiary/aromatic N) is 5. The molecule has 3 rings (SSSR count). The Morgan fingerprint density at radius 3 is 2.75 bits per heavy atom. The van der Waals surface area contributed by atoms with Gasteiger partial charge in [0, 0.05) is 56.7 Å². The van der Waals surface area contributed by atoms with E-state index in [4.69, 9.17) is 4.74 Å². The molecule has 0 unspecified atom stereocenters. The van der Waals surface area contributed by atoms with Crippen molar-refractivity contribution in [1.82, 2.24) is 29.8 Å². The Morgan fingerprint density at radius 1 is 1.29 bits per heavy atom. The summed E-state index contributed by atoms with van der Waals surface area (Å²) in [5, 5.41) is 12.2. The van der Waals surface area contributed by atoms with Gasteiger partial charge in [-0.2, -0.15) is 10.2 Å². The zero-order chi connectivity index (χ0) is 17.1. The van der Waals surface area contributed by atoms with Crippen LogP contribution in [0.1, 0.15) is 29.8 Å². The van der Waals surface area contributed by atoms with Gasteiger partial charge >= 0.3 is 0 Å². The third kappa shape index (κ3) is 3.53. The monoisotopic (exact) mass is 332 g/mol. The summed E-state index contributed by atoms with van der Waals surface area (Å²) in [6, 6.07) is 0.250. The molecule has 0 aromatic carbocycles. The van der Waals surface area contributed by atoms with Crippen LogP contribution in [0, 0.1) is 6.92 Å². The topological polar surface area (TPSA) is 60.1 Å². The Balaban J connectivity index is 1.66. The van der Waals surface area contributed by atoms with E-state index in [0.29, 0.717) is 0 Å². The number of likely N-dealkylation sites (N-methyl/N-ethyl adjacent to an activating group) is 1. The molecule has 2 aromatic rings. The molecule has 1 aliphatic heterocycles. The van der Waals surface area contributed by atoms with Crippen LogP contribution in [-0.2, 0) is 25.4 Å². The molecule has 3 heterocycles. The first-order valence-corrected chi connectivity index (χ1v) is 8.62. The molecule has 132 valence electrons. The van der Waals surface area contributed by atoms with Gasteiger partial charge in [0.1, 0.15) is 0 Å². The highest BCUT2D eigenvalue weighted by Crippen LogP contribution is 2.28. The summed E-state index contributed by atoms with van der Waals surface area (Å²) in [7, 11) is 3.93. The summed E-state index contributed by atoms with van der Waals surface area (Å²) in [5.74, 6) is 0. The van der Waals surface area contributed by atoms with Crippen molar-refractivity contribution in [3.8, 4) is 0 Å². The molecule has 7 nitrogen and oxygen atoms in total. The van der Waals surface area contributed by atoms with Gasteiger partial charge < -0.3 is 10.1 Å². The summed E-state index contributed by atoms with van der Waals surface area (Å²) in [6.45, 7) is 8.69. The summed E-state index contributed by atoms with van der Waals surface area (Å²) in [5.41, 5.74) is 3.66. The first-order chi connectivity index (χ1) is 11.6. The highest BCUT2D eigenvalue weighted by Gasteiger charge is 2.33. The average Bonchev–Trinajstić information content (AvgIpc) is 3.15. The van der Waals surface area contributed by atoms with Gasteiger partial charge in [0.25, 0.3) is 0 Å². The highest BCUT2D eigenvalue weighted by molar-refractivity contribution is 5.16. The second kappa shape index (κ2) is 7.46. The first kappa shape index (κ1) is 17.1. The minimum atomic E-state index is 0.125. The zero-order valence-electron chi connectivity index (χ0n) is 15.1. The molecule has 1 fully saturated rings. The van der Waals surface area contributed by atoms with Gasteiger partial charge in [0.05, 0.1) is 31.1 Å². The molecule has 24 heavy (non-hydrogen) atoms. The average molecular weight is 332 g/mol. The summed E-state index contributed by atoms with van der Waals surface area (Å²) >= 11 is 0. The Bertz CT molecular complexity index is 664. The number of aromatic nitrogens is 4. The van der Waals surface area contributed by atoms with E-state index in [1.165, 1.54) is 16.8 Å². The number of nitrogens with one attached hydrogen (secondary N) is 1. The van der Waals surface area contributed by atoms with Crippen LogP contribution in [-0.4, -0.2) is 56.8 Å². The highest BCUT2D eigenvalue weighted by atomic mass is 16.5. The van der Waals surface area contributed by atoms with Crippen molar-refractivity contribution < 1.29 is 4.74 Å². The Hall–Kier alpha value is -1.70. The van der Waals surface area contributed by atoms with Crippen molar-refractivity contribution >= 4 is 0 Å². The third-order valence-electron chi connectivity index (χ3n) is 4.93. The predicted octanol–water partition coefficient (Wildman–Crippen LogP) is 1.01. The maximum Gasteiger partial charge on any atom is 0.0897 e. The number of aryl methyl sites for hydroxylation is 2. The van der Waals surface area contributed by atoms with E-state index in [1.807, 2.05) is 35.9 Å². The lowest BCUT2D eigenvalue weighted by Crippen LogP contribution is -2.48. The smallest absolute Gasteiger partial charge is 0.0897 e. The molecule has 0 spiro atoms. The fourth-order valence-electron chi connectivity index (χ4n) is 3.40. The Morgan fingerprint density at radius 2 is 2.12 bits per heavy atom. The van der Waals surface area contributed by atoms with Crippen molar-refractivity contribution in [2.45, 2.75) is 32.5 Å². The van der Waals surface area contributed by atoms with Gasteiger partial charge in [-0.1, -0.05) is 6.92 Å². The van der Waals surface area contributed by atoms with Crippen molar-refractivity contribution in [1.29, 1.82) is 0 Å². The lowest BCUT2D eigenvalue weighted by molar-refractivity contribution is -0.0695. The van der Waals surface area contributed by atoms with Crippen LogP contribution in [0.25, 0.3) is 0 Å². The molecule has 2 atom stereocenters. The van der Waals surface area contributed by atoms with Crippen LogP contribution in [0.15, 0.2) is 18.6 Å². The zero-order valence-corrected chi connectivity index (χ0v) is 15.1. The number of hydrogen-bond acceptors (Lipinski definition) is 5. The molecule has 2 aromatic heterocycles. The molecule has 7 heteroatoms. The molecule has 0 amide bonds. The van der Waals surface area contributed by atoms with Crippen LogP contribution in [0.2, 0.25) is 0 Å². The maximum absolute atomic E-state index is 6.10. The van der Waals surface area contributed by atoms with Crippen molar-refractivity contribution in [2.24, 2.45) is 14.1 Å². The number of ether oxygens (including phenoxy) is 1. The normalized spacial score (nSPS) is 22.2. The number of rotatable bonds is 6. The van der Waals surface area contributed by atoms with Crippen LogP contribution >= 0.6 is 0 Å². The summed E-state index contributed by atoms with van der Waals surface area (Å²) in [4.78, 5) is 2.47. The van der Waals surface area contributed by atoms with E-state index in [0.717, 1.165) is 32.8 Å². The first-order valence-electron chi connectivity index (χ1n) is 8.62. The van der Waals surface area contributed by atoms with E-state index in [-0.39, 0.29) is 12.1 Å². The minimum Gasteiger partial charge on any atom is -0.374 e. The van der Waals surface area contributed by atoms with Crippen molar-refractivity contribution in [3.05, 3.63) is 35.4 Å². The second-order valence-electron chi connectivity index (χ2n) is 6.44. The Kier molecular flexibility index (Phi) is 5.33. The van der Waals surface area contributed by atoms with Crippen LogP contribution in [0.5, 0.6) is 0 Å². The predicted molar refractivity (Wildman–Crippen MR) is 92.6 cm³/mol. The van der Waals surface area contributed by atoms with E-state index < -0.39 is 0 Å². The lowest BCUT2D eigenvalue weighted by atomic mass is 10.0. The van der Waals surface area contributed by atoms with Gasteiger partial charge in [-0.15, -0.1) is 0 Å². The minimum absolute atomic E-state index is 0.125. The molecule has 1 N–H and O–H groups in total. The van der Waals surface area contributed by atoms with Gasteiger partial charge in [-0.05, 0) is 13.5 Å². The summed E-state index contributed by atoms with van der Waals surface area (Å²) in [6.07, 6.45) is 6.11. The summed E-state index contributed by atoms with van der Waals surface area (Å²) < 4.78 is 9.87. The maximum atomic E-state index is 6.10. The van der Waals surface area contributed by atoms with Gasteiger partial charge in [0.2, 0.25) is 0 Å². The van der Waals surface area contributed by atoms with Gasteiger partial charge in [0.15, 0.2) is 0 Å².